The first-order valence-electron chi connectivity index (χ1n) is 11.2. The van der Waals surface area contributed by atoms with Crippen LogP contribution in [0.5, 0.6) is 5.75 Å². The van der Waals surface area contributed by atoms with Crippen LogP contribution in [-0.4, -0.2) is 47.2 Å². The van der Waals surface area contributed by atoms with Crippen LogP contribution in [0.3, 0.4) is 0 Å². The first-order valence-corrected chi connectivity index (χ1v) is 11.2. The largest absolute Gasteiger partial charge is 0.482 e. The highest BCUT2D eigenvalue weighted by molar-refractivity contribution is 5.98. The average Bonchev–Trinajstić information content (AvgIpc) is 3.29. The fourth-order valence-corrected chi connectivity index (χ4v) is 3.42. The molecule has 0 atom stereocenters. The molecule has 8 nitrogen and oxygen atoms in total. The fourth-order valence-electron chi connectivity index (χ4n) is 3.42. The summed E-state index contributed by atoms with van der Waals surface area (Å²) in [6.07, 6.45) is 0.162. The van der Waals surface area contributed by atoms with Gasteiger partial charge in [0.05, 0.1) is 30.5 Å². The number of rotatable bonds is 12. The van der Waals surface area contributed by atoms with Crippen LogP contribution in [0, 0.1) is 0 Å². The number of nitrogens with zero attached hydrogens (tertiary/aromatic N) is 1. The summed E-state index contributed by atoms with van der Waals surface area (Å²) >= 11 is 0. The van der Waals surface area contributed by atoms with E-state index in [0.717, 1.165) is 16.6 Å². The Morgan fingerprint density at radius 2 is 1.60 bits per heavy atom. The number of hydrogen-bond acceptors (Lipinski definition) is 7. The number of aromatic nitrogens is 2. The quantitative estimate of drug-likeness (QED) is 0.241. The van der Waals surface area contributed by atoms with Crippen LogP contribution >= 0.6 is 0 Å². The highest BCUT2D eigenvalue weighted by Gasteiger charge is 2.11. The topological polar surface area (TPSA) is 110 Å². The van der Waals surface area contributed by atoms with E-state index in [1.54, 1.807) is 24.3 Å². The second kappa shape index (κ2) is 11.7. The van der Waals surface area contributed by atoms with E-state index in [1.165, 1.54) is 0 Å². The molecule has 0 unspecified atom stereocenters. The Bertz CT molecular complexity index is 1270. The van der Waals surface area contributed by atoms with Gasteiger partial charge in [-0.3, -0.25) is 9.59 Å². The molecule has 0 aliphatic rings. The standard InChI is InChI=1S/C27H25N3O5/c31-21(14-26-29-23-8-4-5-9-24(23)30-26)15-28-16-25(32)20-10-12-22(13-11-20)34-18-27(33)35-17-19-6-2-1-3-7-19/h1-13,28H,14-18H2,(H,29,30). The van der Waals surface area contributed by atoms with Gasteiger partial charge in [0, 0.05) is 5.56 Å². The molecular formula is C27H25N3O5. The van der Waals surface area contributed by atoms with Crippen LogP contribution in [0.25, 0.3) is 11.0 Å². The predicted molar refractivity (Wildman–Crippen MR) is 130 cm³/mol. The van der Waals surface area contributed by atoms with Crippen molar-refractivity contribution in [2.75, 3.05) is 19.7 Å². The first-order chi connectivity index (χ1) is 17.1. The first kappa shape index (κ1) is 23.8. The van der Waals surface area contributed by atoms with Crippen molar-refractivity contribution in [3.05, 3.63) is 95.8 Å². The van der Waals surface area contributed by atoms with Gasteiger partial charge in [-0.15, -0.1) is 0 Å². The maximum atomic E-state index is 12.4. The lowest BCUT2D eigenvalue weighted by molar-refractivity contribution is -0.147. The van der Waals surface area contributed by atoms with Gasteiger partial charge in [0.2, 0.25) is 0 Å². The van der Waals surface area contributed by atoms with E-state index >= 15 is 0 Å². The van der Waals surface area contributed by atoms with Crippen LogP contribution in [0.1, 0.15) is 21.7 Å². The monoisotopic (exact) mass is 471 g/mol. The lowest BCUT2D eigenvalue weighted by Gasteiger charge is -2.08. The minimum absolute atomic E-state index is 0.0257. The van der Waals surface area contributed by atoms with Crippen LogP contribution < -0.4 is 10.1 Å². The molecule has 0 spiro atoms. The third-order valence-electron chi connectivity index (χ3n) is 5.19. The Morgan fingerprint density at radius 1 is 0.857 bits per heavy atom. The van der Waals surface area contributed by atoms with Crippen LogP contribution in [0.2, 0.25) is 0 Å². The summed E-state index contributed by atoms with van der Waals surface area (Å²) in [5, 5.41) is 2.89. The van der Waals surface area contributed by atoms with Gasteiger partial charge < -0.3 is 19.8 Å². The van der Waals surface area contributed by atoms with Crippen molar-refractivity contribution in [1.29, 1.82) is 0 Å². The number of benzene rings is 3. The summed E-state index contributed by atoms with van der Waals surface area (Å²) in [5.41, 5.74) is 3.07. The summed E-state index contributed by atoms with van der Waals surface area (Å²) in [6.45, 7) is 0.0479. The molecule has 0 saturated heterocycles. The molecule has 3 aromatic carbocycles. The van der Waals surface area contributed by atoms with Crippen molar-refractivity contribution < 1.29 is 23.9 Å². The molecular weight excluding hydrogens is 446 g/mol. The Kier molecular flexibility index (Phi) is 7.98. The summed E-state index contributed by atoms with van der Waals surface area (Å²) in [4.78, 5) is 44.0. The van der Waals surface area contributed by atoms with Crippen LogP contribution in [0.15, 0.2) is 78.9 Å². The van der Waals surface area contributed by atoms with Gasteiger partial charge in [-0.25, -0.2) is 9.78 Å². The summed E-state index contributed by atoms with van der Waals surface area (Å²) in [6, 6.07) is 23.4. The summed E-state index contributed by atoms with van der Waals surface area (Å²) in [5.74, 6) is 0.344. The second-order valence-corrected chi connectivity index (χ2v) is 7.90. The number of aromatic amines is 1. The number of Topliss-reactive ketones (excluding diaryl/α,β-unsaturated/α-hetero) is 2. The van der Waals surface area contributed by atoms with E-state index in [4.69, 9.17) is 9.47 Å². The zero-order valence-electron chi connectivity index (χ0n) is 19.0. The number of esters is 1. The molecule has 1 heterocycles. The SMILES string of the molecule is O=C(CNCC(=O)c1ccc(OCC(=O)OCc2ccccc2)cc1)Cc1nc2ccccc2[nH]1. The predicted octanol–water partition coefficient (Wildman–Crippen LogP) is 3.27. The zero-order valence-corrected chi connectivity index (χ0v) is 19.0. The number of para-hydroxylation sites is 2. The molecule has 0 bridgehead atoms. The van der Waals surface area contributed by atoms with Gasteiger partial charge in [0.15, 0.2) is 18.2 Å². The molecule has 4 rings (SSSR count). The molecule has 2 N–H and O–H groups in total. The summed E-state index contributed by atoms with van der Waals surface area (Å²) in [7, 11) is 0. The van der Waals surface area contributed by atoms with Gasteiger partial charge in [-0.05, 0) is 42.0 Å². The molecule has 0 aliphatic heterocycles. The molecule has 178 valence electrons. The van der Waals surface area contributed by atoms with Crippen LogP contribution in [-0.2, 0) is 27.4 Å². The van der Waals surface area contributed by atoms with Crippen molar-refractivity contribution in [2.45, 2.75) is 13.0 Å². The molecule has 0 fully saturated rings. The minimum Gasteiger partial charge on any atom is -0.482 e. The number of fused-ring (bicyclic) bond motifs is 1. The zero-order chi connectivity index (χ0) is 24.5. The van der Waals surface area contributed by atoms with E-state index in [0.29, 0.717) is 17.1 Å². The third-order valence-corrected chi connectivity index (χ3v) is 5.19. The average molecular weight is 472 g/mol. The third kappa shape index (κ3) is 7.09. The molecule has 1 aromatic heterocycles. The van der Waals surface area contributed by atoms with E-state index in [1.807, 2.05) is 54.6 Å². The van der Waals surface area contributed by atoms with Crippen molar-refractivity contribution in [2.24, 2.45) is 0 Å². The van der Waals surface area contributed by atoms with E-state index < -0.39 is 5.97 Å². The lowest BCUT2D eigenvalue weighted by atomic mass is 10.1. The highest BCUT2D eigenvalue weighted by atomic mass is 16.6. The second-order valence-electron chi connectivity index (χ2n) is 7.90. The number of carbonyl (C=O) groups excluding carboxylic acids is 3. The van der Waals surface area contributed by atoms with Gasteiger partial charge in [0.1, 0.15) is 18.2 Å². The molecule has 0 aliphatic carbocycles. The van der Waals surface area contributed by atoms with Crippen molar-refractivity contribution in [1.82, 2.24) is 15.3 Å². The Balaban J connectivity index is 1.16. The van der Waals surface area contributed by atoms with Crippen molar-refractivity contribution in [3.63, 3.8) is 0 Å². The molecule has 8 heteroatoms. The number of carbonyl (C=O) groups is 3. The number of hydrogen-bond donors (Lipinski definition) is 2. The lowest BCUT2D eigenvalue weighted by Crippen LogP contribution is -2.29. The van der Waals surface area contributed by atoms with Gasteiger partial charge >= 0.3 is 5.97 Å². The minimum atomic E-state index is -0.481. The van der Waals surface area contributed by atoms with Gasteiger partial charge in [-0.2, -0.15) is 0 Å². The van der Waals surface area contributed by atoms with Crippen LogP contribution in [0.4, 0.5) is 0 Å². The maximum absolute atomic E-state index is 12.4. The number of H-pyrrole nitrogens is 1. The Hall–Kier alpha value is -4.30. The van der Waals surface area contributed by atoms with E-state index in [-0.39, 0.29) is 44.3 Å². The van der Waals surface area contributed by atoms with E-state index in [2.05, 4.69) is 15.3 Å². The van der Waals surface area contributed by atoms with Gasteiger partial charge in [0.25, 0.3) is 0 Å². The molecule has 35 heavy (non-hydrogen) atoms. The summed E-state index contributed by atoms with van der Waals surface area (Å²) < 4.78 is 10.6. The molecule has 0 saturated carbocycles. The Morgan fingerprint density at radius 3 is 2.37 bits per heavy atom. The number of nitrogens with one attached hydrogen (secondary N) is 2. The molecule has 4 aromatic rings. The van der Waals surface area contributed by atoms with Crippen molar-refractivity contribution >= 4 is 28.6 Å². The Labute approximate surface area is 202 Å². The molecule has 0 amide bonds. The van der Waals surface area contributed by atoms with Gasteiger partial charge in [-0.1, -0.05) is 42.5 Å². The maximum Gasteiger partial charge on any atom is 0.344 e. The highest BCUT2D eigenvalue weighted by Crippen LogP contribution is 2.13. The fraction of sp³-hybridized carbons (Fsp3) is 0.185. The molecule has 0 radical (unpaired) electrons. The van der Waals surface area contributed by atoms with Crippen molar-refractivity contribution in [3.8, 4) is 5.75 Å². The smallest absolute Gasteiger partial charge is 0.344 e. The number of ether oxygens (including phenoxy) is 2. The van der Waals surface area contributed by atoms with E-state index in [9.17, 15) is 14.4 Å². The number of imidazole rings is 1. The normalized spacial score (nSPS) is 10.7. The number of ketones is 2.